The van der Waals surface area contributed by atoms with Crippen LogP contribution in [0.25, 0.3) is 11.1 Å². The van der Waals surface area contributed by atoms with Crippen molar-refractivity contribution in [2.45, 2.75) is 20.4 Å². The number of rotatable bonds is 7. The number of pyridine rings is 2. The highest BCUT2D eigenvalue weighted by atomic mass is 16.5. The van der Waals surface area contributed by atoms with Crippen molar-refractivity contribution in [3.63, 3.8) is 0 Å². The number of nitrogens with zero attached hydrogens (tertiary/aromatic N) is 4. The van der Waals surface area contributed by atoms with E-state index in [9.17, 15) is 4.79 Å². The molecule has 1 aliphatic rings. The summed E-state index contributed by atoms with van der Waals surface area (Å²) in [6, 6.07) is 13.6. The van der Waals surface area contributed by atoms with Crippen LogP contribution in [0.3, 0.4) is 0 Å². The van der Waals surface area contributed by atoms with Gasteiger partial charge < -0.3 is 9.64 Å². The largest absolute Gasteiger partial charge is 0.379 e. The van der Waals surface area contributed by atoms with Crippen LogP contribution in [-0.2, 0) is 11.3 Å². The van der Waals surface area contributed by atoms with Gasteiger partial charge in [-0.2, -0.15) is 0 Å². The molecule has 8 nitrogen and oxygen atoms in total. The summed E-state index contributed by atoms with van der Waals surface area (Å²) >= 11 is 0. The third-order valence-corrected chi connectivity index (χ3v) is 6.15. The van der Waals surface area contributed by atoms with Gasteiger partial charge in [0.25, 0.3) is 5.91 Å². The van der Waals surface area contributed by atoms with E-state index in [4.69, 9.17) is 9.94 Å². The van der Waals surface area contributed by atoms with Crippen molar-refractivity contribution in [1.29, 1.82) is 0 Å². The molecular formula is C28H31N5O3. The fourth-order valence-corrected chi connectivity index (χ4v) is 4.09. The number of hydroxylamine groups is 1. The second kappa shape index (κ2) is 12.3. The van der Waals surface area contributed by atoms with Gasteiger partial charge in [0.05, 0.1) is 24.5 Å². The lowest BCUT2D eigenvalue weighted by Crippen LogP contribution is -2.35. The molecule has 1 aliphatic heterocycles. The van der Waals surface area contributed by atoms with Gasteiger partial charge in [0.1, 0.15) is 5.82 Å². The normalized spacial score (nSPS) is 13.5. The summed E-state index contributed by atoms with van der Waals surface area (Å²) in [5.41, 5.74) is 6.46. The summed E-state index contributed by atoms with van der Waals surface area (Å²) in [6.07, 6.45) is 3.29. The summed E-state index contributed by atoms with van der Waals surface area (Å²) in [6.45, 7) is 9.94. The van der Waals surface area contributed by atoms with Gasteiger partial charge in [-0.05, 0) is 49.7 Å². The number of hydrogen-bond acceptors (Lipinski definition) is 7. The molecule has 0 spiro atoms. The quantitative estimate of drug-likeness (QED) is 0.301. The fraction of sp³-hybridized carbons (Fsp3) is 0.321. The van der Waals surface area contributed by atoms with Crippen molar-refractivity contribution < 1.29 is 14.7 Å². The first-order chi connectivity index (χ1) is 17.6. The van der Waals surface area contributed by atoms with Crippen LogP contribution in [0.5, 0.6) is 0 Å². The molecule has 8 heteroatoms. The van der Waals surface area contributed by atoms with Crippen molar-refractivity contribution in [2.24, 2.45) is 0 Å². The van der Waals surface area contributed by atoms with E-state index in [-0.39, 0.29) is 5.56 Å². The molecule has 3 heterocycles. The summed E-state index contributed by atoms with van der Waals surface area (Å²) in [4.78, 5) is 25.5. The Bertz CT molecular complexity index is 1220. The molecule has 3 aromatic rings. The molecule has 2 aromatic heterocycles. The molecule has 1 fully saturated rings. The van der Waals surface area contributed by atoms with Crippen LogP contribution < -0.4 is 10.4 Å². The van der Waals surface area contributed by atoms with Crippen LogP contribution in [-0.4, -0.2) is 65.4 Å². The lowest BCUT2D eigenvalue weighted by Gasteiger charge is -2.26. The van der Waals surface area contributed by atoms with Crippen molar-refractivity contribution in [1.82, 2.24) is 20.3 Å². The monoisotopic (exact) mass is 485 g/mol. The predicted molar refractivity (Wildman–Crippen MR) is 139 cm³/mol. The minimum Gasteiger partial charge on any atom is -0.379 e. The molecule has 1 amide bonds. The molecule has 0 radical (unpaired) electrons. The average molecular weight is 486 g/mol. The Hall–Kier alpha value is -3.77. The van der Waals surface area contributed by atoms with Crippen LogP contribution in [0.2, 0.25) is 0 Å². The number of benzene rings is 1. The van der Waals surface area contributed by atoms with E-state index >= 15 is 0 Å². The minimum atomic E-state index is -0.595. The number of ether oxygens (including phenoxy) is 1. The topological polar surface area (TPSA) is 90.8 Å². The number of hydrogen-bond donors (Lipinski definition) is 2. The number of morpholine rings is 1. The van der Waals surface area contributed by atoms with E-state index in [0.717, 1.165) is 79.7 Å². The first-order valence-corrected chi connectivity index (χ1v) is 12.2. The van der Waals surface area contributed by atoms with Gasteiger partial charge in [-0.15, -0.1) is 0 Å². The lowest BCUT2D eigenvalue weighted by atomic mass is 10.0. The van der Waals surface area contributed by atoms with E-state index in [0.29, 0.717) is 0 Å². The number of carbonyl (C=O) groups is 1. The van der Waals surface area contributed by atoms with E-state index in [1.165, 1.54) is 6.20 Å². The van der Waals surface area contributed by atoms with Crippen LogP contribution in [0, 0.1) is 11.8 Å². The van der Waals surface area contributed by atoms with Gasteiger partial charge in [0.15, 0.2) is 0 Å². The number of nitrogens with one attached hydrogen (secondary N) is 1. The molecule has 2 N–H and O–H groups in total. The van der Waals surface area contributed by atoms with Crippen LogP contribution in [0.15, 0.2) is 54.9 Å². The maximum absolute atomic E-state index is 12.0. The summed E-state index contributed by atoms with van der Waals surface area (Å²) in [7, 11) is 0. The van der Waals surface area contributed by atoms with E-state index in [2.05, 4.69) is 45.5 Å². The minimum absolute atomic E-state index is 0.289. The molecule has 0 saturated carbocycles. The Kier molecular flexibility index (Phi) is 8.63. The molecule has 0 bridgehead atoms. The molecule has 1 aromatic carbocycles. The summed E-state index contributed by atoms with van der Waals surface area (Å²) < 4.78 is 5.40. The van der Waals surface area contributed by atoms with Gasteiger partial charge in [-0.25, -0.2) is 10.5 Å². The Morgan fingerprint density at radius 3 is 2.36 bits per heavy atom. The Labute approximate surface area is 211 Å². The van der Waals surface area contributed by atoms with Crippen molar-refractivity contribution in [3.8, 4) is 23.0 Å². The highest BCUT2D eigenvalue weighted by Gasteiger charge is 2.16. The zero-order valence-corrected chi connectivity index (χ0v) is 20.7. The Morgan fingerprint density at radius 1 is 1.03 bits per heavy atom. The summed E-state index contributed by atoms with van der Waals surface area (Å²) in [5, 5.41) is 9.03. The maximum Gasteiger partial charge on any atom is 0.276 e. The number of carbonyl (C=O) groups excluding carboxylic acids is 1. The zero-order chi connectivity index (χ0) is 25.3. The van der Waals surface area contributed by atoms with E-state index < -0.39 is 5.91 Å². The van der Waals surface area contributed by atoms with Gasteiger partial charge in [-0.1, -0.05) is 24.0 Å². The zero-order valence-electron chi connectivity index (χ0n) is 20.7. The third-order valence-electron chi connectivity index (χ3n) is 6.15. The second-order valence-electron chi connectivity index (χ2n) is 8.46. The second-order valence-corrected chi connectivity index (χ2v) is 8.46. The Morgan fingerprint density at radius 2 is 1.72 bits per heavy atom. The highest BCUT2D eigenvalue weighted by molar-refractivity contribution is 5.95. The Balaban J connectivity index is 1.51. The molecule has 4 rings (SSSR count). The molecule has 1 saturated heterocycles. The number of amides is 1. The molecule has 0 unspecified atom stereocenters. The van der Waals surface area contributed by atoms with Crippen molar-refractivity contribution in [2.75, 3.05) is 44.3 Å². The first-order valence-electron chi connectivity index (χ1n) is 12.2. The maximum atomic E-state index is 12.0. The molecule has 36 heavy (non-hydrogen) atoms. The average Bonchev–Trinajstić information content (AvgIpc) is 2.94. The van der Waals surface area contributed by atoms with Gasteiger partial charge in [-0.3, -0.25) is 19.9 Å². The van der Waals surface area contributed by atoms with Gasteiger partial charge in [0, 0.05) is 61.8 Å². The molecule has 0 aliphatic carbocycles. The molecular weight excluding hydrogens is 454 g/mol. The fourth-order valence-electron chi connectivity index (χ4n) is 4.09. The first kappa shape index (κ1) is 25.3. The van der Waals surface area contributed by atoms with Gasteiger partial charge >= 0.3 is 0 Å². The smallest absolute Gasteiger partial charge is 0.276 e. The standard InChI is InChI=1S/C28H31N5O3/c1-3-33(4-2)27-26(17-24(19-30-27)28(34)31-35)23-10-7-21(8-11-23)5-6-22-9-12-25(29-18-22)20-32-13-15-36-16-14-32/h7-12,17-19,35H,3-4,13-16,20H2,1-2H3,(H,31,34). The van der Waals surface area contributed by atoms with Crippen molar-refractivity contribution >= 4 is 11.7 Å². The third kappa shape index (κ3) is 6.26. The summed E-state index contributed by atoms with van der Waals surface area (Å²) in [5.74, 6) is 6.57. The molecule has 0 atom stereocenters. The van der Waals surface area contributed by atoms with E-state index in [1.54, 1.807) is 11.5 Å². The lowest BCUT2D eigenvalue weighted by molar-refractivity contribution is 0.0336. The highest BCUT2D eigenvalue weighted by Crippen LogP contribution is 2.30. The van der Waals surface area contributed by atoms with Crippen molar-refractivity contribution in [3.05, 3.63) is 77.2 Å². The van der Waals surface area contributed by atoms with Gasteiger partial charge in [0.2, 0.25) is 0 Å². The number of anilines is 1. The SMILES string of the molecule is CCN(CC)c1ncc(C(=O)NO)cc1-c1ccc(C#Cc2ccc(CN3CCOCC3)nc2)cc1. The molecule has 186 valence electrons. The predicted octanol–water partition coefficient (Wildman–Crippen LogP) is 3.34. The van der Waals surface area contributed by atoms with Crippen LogP contribution >= 0.6 is 0 Å². The van der Waals surface area contributed by atoms with Crippen LogP contribution in [0.4, 0.5) is 5.82 Å². The van der Waals surface area contributed by atoms with Crippen LogP contribution in [0.1, 0.15) is 41.0 Å². The van der Waals surface area contributed by atoms with E-state index in [1.807, 2.05) is 42.6 Å². The number of aromatic nitrogens is 2.